The summed E-state index contributed by atoms with van der Waals surface area (Å²) in [5, 5.41) is 9.70. The van der Waals surface area contributed by atoms with Gasteiger partial charge in [-0.1, -0.05) is 54.6 Å². The van der Waals surface area contributed by atoms with Gasteiger partial charge in [-0.25, -0.2) is 0 Å². The van der Waals surface area contributed by atoms with Crippen LogP contribution in [0.5, 0.6) is 11.5 Å². The van der Waals surface area contributed by atoms with Crippen LogP contribution in [0.1, 0.15) is 28.2 Å². The van der Waals surface area contributed by atoms with Crippen LogP contribution in [0.25, 0.3) is 0 Å². The van der Waals surface area contributed by atoms with Crippen molar-refractivity contribution in [1.29, 1.82) is 0 Å². The summed E-state index contributed by atoms with van der Waals surface area (Å²) in [6.07, 6.45) is 0.369. The van der Waals surface area contributed by atoms with Crippen LogP contribution < -0.4 is 9.47 Å². The molecule has 3 aromatic carbocycles. The van der Waals surface area contributed by atoms with Crippen LogP contribution in [0.3, 0.4) is 0 Å². The summed E-state index contributed by atoms with van der Waals surface area (Å²) in [5.74, 6) is 0.0511. The molecule has 1 N–H and O–H groups in total. The van der Waals surface area contributed by atoms with Crippen LogP contribution >= 0.6 is 0 Å². The Morgan fingerprint density at radius 2 is 1.55 bits per heavy atom. The predicted molar refractivity (Wildman–Crippen MR) is 114 cm³/mol. The van der Waals surface area contributed by atoms with Crippen molar-refractivity contribution >= 4 is 5.97 Å². The summed E-state index contributed by atoms with van der Waals surface area (Å²) in [7, 11) is 0. The normalized spacial score (nSPS) is 11.7. The lowest BCUT2D eigenvalue weighted by molar-refractivity contribution is -0.138. The van der Waals surface area contributed by atoms with E-state index in [1.807, 2.05) is 72.8 Å². The summed E-state index contributed by atoms with van der Waals surface area (Å²) in [6, 6.07) is 22.9. The molecule has 0 aliphatic rings. The number of hydrogen-bond donors (Lipinski definition) is 1. The number of carboxylic acids is 1. The molecule has 0 spiro atoms. The van der Waals surface area contributed by atoms with Crippen molar-refractivity contribution in [3.05, 3.63) is 95.1 Å². The Balaban J connectivity index is 1.62. The second-order valence-corrected chi connectivity index (χ2v) is 7.06. The van der Waals surface area contributed by atoms with E-state index in [4.69, 9.17) is 9.47 Å². The monoisotopic (exact) mass is 390 g/mol. The van der Waals surface area contributed by atoms with Gasteiger partial charge in [-0.05, 0) is 60.7 Å². The van der Waals surface area contributed by atoms with Crippen LogP contribution in [-0.2, 0) is 11.2 Å². The molecule has 3 rings (SSSR count). The molecule has 3 aromatic rings. The van der Waals surface area contributed by atoms with Gasteiger partial charge >= 0.3 is 5.97 Å². The zero-order chi connectivity index (χ0) is 20.6. The van der Waals surface area contributed by atoms with E-state index in [1.54, 1.807) is 0 Å². The number of benzene rings is 3. The van der Waals surface area contributed by atoms with Gasteiger partial charge < -0.3 is 14.6 Å². The van der Waals surface area contributed by atoms with E-state index in [-0.39, 0.29) is 0 Å². The van der Waals surface area contributed by atoms with Crippen LogP contribution in [0.2, 0.25) is 0 Å². The summed E-state index contributed by atoms with van der Waals surface area (Å²) in [5.41, 5.74) is 4.08. The zero-order valence-electron chi connectivity index (χ0n) is 16.8. The van der Waals surface area contributed by atoms with Crippen molar-refractivity contribution in [2.45, 2.75) is 26.2 Å². The van der Waals surface area contributed by atoms with Crippen molar-refractivity contribution < 1.29 is 19.4 Å². The standard InChI is InChI=1S/C25H26O4/c1-18-12-13-22(16-19(18)2)28-14-15-29-24-11-7-6-10-21(24)17-23(25(26)27)20-8-4-3-5-9-20/h3-13,16,23H,14-15,17H2,1-2H3,(H,26,27). The molecular weight excluding hydrogens is 364 g/mol. The molecule has 0 radical (unpaired) electrons. The third kappa shape index (κ3) is 5.61. The van der Waals surface area contributed by atoms with Gasteiger partial charge in [-0.3, -0.25) is 4.79 Å². The molecule has 0 aliphatic carbocycles. The third-order valence-electron chi connectivity index (χ3n) is 4.98. The summed E-state index contributed by atoms with van der Waals surface area (Å²) < 4.78 is 11.7. The number of aliphatic carboxylic acids is 1. The molecule has 1 unspecified atom stereocenters. The van der Waals surface area contributed by atoms with Crippen molar-refractivity contribution in [2.24, 2.45) is 0 Å². The van der Waals surface area contributed by atoms with Gasteiger partial charge in [0.05, 0.1) is 5.92 Å². The average molecular weight is 390 g/mol. The van der Waals surface area contributed by atoms with E-state index in [9.17, 15) is 9.90 Å². The molecule has 0 saturated heterocycles. The van der Waals surface area contributed by atoms with Gasteiger partial charge in [0.25, 0.3) is 0 Å². The Kier molecular flexibility index (Phi) is 6.90. The first-order valence-corrected chi connectivity index (χ1v) is 9.73. The smallest absolute Gasteiger partial charge is 0.311 e. The maximum absolute atomic E-state index is 11.8. The van der Waals surface area contributed by atoms with E-state index in [2.05, 4.69) is 13.8 Å². The summed E-state index contributed by atoms with van der Waals surface area (Å²) >= 11 is 0. The molecule has 1 atom stereocenters. The first kappa shape index (κ1) is 20.5. The average Bonchev–Trinajstić information content (AvgIpc) is 2.73. The highest BCUT2D eigenvalue weighted by molar-refractivity contribution is 5.76. The van der Waals surface area contributed by atoms with Gasteiger partial charge in [-0.15, -0.1) is 0 Å². The lowest BCUT2D eigenvalue weighted by Crippen LogP contribution is -2.16. The van der Waals surface area contributed by atoms with E-state index in [0.717, 1.165) is 16.9 Å². The van der Waals surface area contributed by atoms with Crippen LogP contribution in [0, 0.1) is 13.8 Å². The maximum atomic E-state index is 11.8. The lowest BCUT2D eigenvalue weighted by atomic mass is 9.92. The van der Waals surface area contributed by atoms with Crippen LogP contribution in [-0.4, -0.2) is 24.3 Å². The number of carbonyl (C=O) groups is 1. The Hall–Kier alpha value is -3.27. The first-order chi connectivity index (χ1) is 14.0. The van der Waals surface area contributed by atoms with Gasteiger partial charge in [0.2, 0.25) is 0 Å². The van der Waals surface area contributed by atoms with Gasteiger partial charge in [0.1, 0.15) is 24.7 Å². The minimum Gasteiger partial charge on any atom is -0.490 e. The number of para-hydroxylation sites is 1. The van der Waals surface area contributed by atoms with Crippen LogP contribution in [0.4, 0.5) is 0 Å². The van der Waals surface area contributed by atoms with Crippen molar-refractivity contribution in [1.82, 2.24) is 0 Å². The Labute approximate surface area is 171 Å². The molecule has 150 valence electrons. The highest BCUT2D eigenvalue weighted by Crippen LogP contribution is 2.27. The second kappa shape index (κ2) is 9.78. The van der Waals surface area contributed by atoms with Crippen molar-refractivity contribution in [3.63, 3.8) is 0 Å². The zero-order valence-corrected chi connectivity index (χ0v) is 16.8. The number of rotatable bonds is 9. The molecule has 0 saturated carbocycles. The third-order valence-corrected chi connectivity index (χ3v) is 4.98. The molecular formula is C25H26O4. The van der Waals surface area contributed by atoms with Crippen LogP contribution in [0.15, 0.2) is 72.8 Å². The van der Waals surface area contributed by atoms with E-state index < -0.39 is 11.9 Å². The minimum absolute atomic E-state index is 0.369. The fourth-order valence-electron chi connectivity index (χ4n) is 3.18. The van der Waals surface area contributed by atoms with Gasteiger partial charge in [0, 0.05) is 0 Å². The van der Waals surface area contributed by atoms with E-state index in [1.165, 1.54) is 11.1 Å². The first-order valence-electron chi connectivity index (χ1n) is 9.73. The number of ether oxygens (including phenoxy) is 2. The molecule has 0 fully saturated rings. The topological polar surface area (TPSA) is 55.8 Å². The highest BCUT2D eigenvalue weighted by atomic mass is 16.5. The second-order valence-electron chi connectivity index (χ2n) is 7.06. The highest BCUT2D eigenvalue weighted by Gasteiger charge is 2.21. The largest absolute Gasteiger partial charge is 0.490 e. The molecule has 0 bridgehead atoms. The molecule has 4 heteroatoms. The summed E-state index contributed by atoms with van der Waals surface area (Å²) in [6.45, 7) is 4.92. The molecule has 0 heterocycles. The molecule has 4 nitrogen and oxygen atoms in total. The number of hydrogen-bond acceptors (Lipinski definition) is 3. The van der Waals surface area contributed by atoms with Gasteiger partial charge in [0.15, 0.2) is 0 Å². The molecule has 0 aromatic heterocycles. The van der Waals surface area contributed by atoms with Crippen molar-refractivity contribution in [2.75, 3.05) is 13.2 Å². The predicted octanol–water partition coefficient (Wildman–Crippen LogP) is 5.17. The Morgan fingerprint density at radius 1 is 0.862 bits per heavy atom. The minimum atomic E-state index is -0.843. The summed E-state index contributed by atoms with van der Waals surface area (Å²) in [4.78, 5) is 11.8. The maximum Gasteiger partial charge on any atom is 0.311 e. The Bertz CT molecular complexity index is 950. The lowest BCUT2D eigenvalue weighted by Gasteiger charge is -2.16. The number of aryl methyl sites for hydroxylation is 2. The van der Waals surface area contributed by atoms with E-state index >= 15 is 0 Å². The molecule has 29 heavy (non-hydrogen) atoms. The fraction of sp³-hybridized carbons (Fsp3) is 0.240. The molecule has 0 amide bonds. The molecule has 0 aliphatic heterocycles. The fourth-order valence-corrected chi connectivity index (χ4v) is 3.18. The quantitative estimate of drug-likeness (QED) is 0.512. The SMILES string of the molecule is Cc1ccc(OCCOc2ccccc2CC(C(=O)O)c2ccccc2)cc1C. The van der Waals surface area contributed by atoms with Crippen molar-refractivity contribution in [3.8, 4) is 11.5 Å². The van der Waals surface area contributed by atoms with E-state index in [0.29, 0.717) is 25.4 Å². The Morgan fingerprint density at radius 3 is 2.28 bits per heavy atom. The van der Waals surface area contributed by atoms with Gasteiger partial charge in [-0.2, -0.15) is 0 Å². The number of carboxylic acid groups (broad SMARTS) is 1.